The lowest BCUT2D eigenvalue weighted by Gasteiger charge is -2.17. The SMILES string of the molecule is COc1ccc2c(C(C)(C)C#N)nccc2c1. The van der Waals surface area contributed by atoms with Crippen LogP contribution in [0.4, 0.5) is 0 Å². The van der Waals surface area contributed by atoms with Gasteiger partial charge in [0.05, 0.1) is 24.3 Å². The van der Waals surface area contributed by atoms with Crippen molar-refractivity contribution in [2.45, 2.75) is 19.3 Å². The average molecular weight is 226 g/mol. The summed E-state index contributed by atoms with van der Waals surface area (Å²) in [5.41, 5.74) is 0.217. The van der Waals surface area contributed by atoms with Gasteiger partial charge in [-0.3, -0.25) is 4.98 Å². The standard InChI is InChI=1S/C14H14N2O/c1-14(2,9-15)13-12-5-4-11(17-3)8-10(12)6-7-16-13/h4-8H,1-3H3. The second kappa shape index (κ2) is 4.06. The number of aromatic nitrogens is 1. The van der Waals surface area contributed by atoms with Crippen molar-refractivity contribution >= 4 is 10.8 Å². The zero-order chi connectivity index (χ0) is 12.5. The lowest BCUT2D eigenvalue weighted by Crippen LogP contribution is -2.16. The van der Waals surface area contributed by atoms with Crippen LogP contribution in [-0.4, -0.2) is 12.1 Å². The molecule has 0 aliphatic carbocycles. The van der Waals surface area contributed by atoms with Crippen molar-refractivity contribution < 1.29 is 4.74 Å². The number of hydrogen-bond donors (Lipinski definition) is 0. The largest absolute Gasteiger partial charge is 0.497 e. The maximum Gasteiger partial charge on any atom is 0.119 e. The molecule has 1 heterocycles. The first-order chi connectivity index (χ1) is 8.08. The van der Waals surface area contributed by atoms with Crippen molar-refractivity contribution in [1.82, 2.24) is 4.98 Å². The smallest absolute Gasteiger partial charge is 0.119 e. The molecule has 0 aliphatic heterocycles. The number of nitriles is 1. The lowest BCUT2D eigenvalue weighted by atomic mass is 9.87. The van der Waals surface area contributed by atoms with Crippen molar-refractivity contribution in [2.24, 2.45) is 0 Å². The zero-order valence-corrected chi connectivity index (χ0v) is 10.2. The van der Waals surface area contributed by atoms with Crippen molar-refractivity contribution in [1.29, 1.82) is 5.26 Å². The molecule has 17 heavy (non-hydrogen) atoms. The highest BCUT2D eigenvalue weighted by atomic mass is 16.5. The highest BCUT2D eigenvalue weighted by Gasteiger charge is 2.23. The summed E-state index contributed by atoms with van der Waals surface area (Å²) in [6.07, 6.45) is 1.73. The highest BCUT2D eigenvalue weighted by Crippen LogP contribution is 2.29. The molecule has 1 aromatic heterocycles. The third-order valence-electron chi connectivity index (χ3n) is 2.84. The van der Waals surface area contributed by atoms with Crippen LogP contribution < -0.4 is 4.74 Å². The minimum atomic E-state index is -0.589. The average Bonchev–Trinajstić information content (AvgIpc) is 2.37. The van der Waals surface area contributed by atoms with E-state index in [0.717, 1.165) is 22.2 Å². The van der Waals surface area contributed by atoms with Gasteiger partial charge < -0.3 is 4.74 Å². The predicted molar refractivity (Wildman–Crippen MR) is 66.9 cm³/mol. The van der Waals surface area contributed by atoms with Crippen LogP contribution in [-0.2, 0) is 5.41 Å². The highest BCUT2D eigenvalue weighted by molar-refractivity contribution is 5.86. The monoisotopic (exact) mass is 226 g/mol. The first-order valence-corrected chi connectivity index (χ1v) is 5.43. The Labute approximate surface area is 101 Å². The van der Waals surface area contributed by atoms with Gasteiger partial charge in [0.1, 0.15) is 5.75 Å². The van der Waals surface area contributed by atoms with Crippen LogP contribution in [0, 0.1) is 11.3 Å². The molecule has 0 saturated heterocycles. The summed E-state index contributed by atoms with van der Waals surface area (Å²) in [4.78, 5) is 4.34. The van der Waals surface area contributed by atoms with E-state index < -0.39 is 5.41 Å². The van der Waals surface area contributed by atoms with Crippen molar-refractivity contribution in [3.05, 3.63) is 36.2 Å². The van der Waals surface area contributed by atoms with E-state index in [1.54, 1.807) is 13.3 Å². The Hall–Kier alpha value is -2.08. The summed E-state index contributed by atoms with van der Waals surface area (Å²) in [6.45, 7) is 3.75. The van der Waals surface area contributed by atoms with Crippen LogP contribution in [0.2, 0.25) is 0 Å². The molecule has 2 aromatic rings. The molecule has 0 amide bonds. The first kappa shape index (κ1) is 11.4. The van der Waals surface area contributed by atoms with Crippen LogP contribution in [0.25, 0.3) is 10.8 Å². The summed E-state index contributed by atoms with van der Waals surface area (Å²) in [7, 11) is 1.64. The molecule has 0 saturated carbocycles. The number of methoxy groups -OCH3 is 1. The first-order valence-electron chi connectivity index (χ1n) is 5.43. The molecule has 86 valence electrons. The van der Waals surface area contributed by atoms with Crippen molar-refractivity contribution in [2.75, 3.05) is 7.11 Å². The Morgan fingerprint density at radius 1 is 1.29 bits per heavy atom. The quantitative estimate of drug-likeness (QED) is 0.790. The van der Waals surface area contributed by atoms with Crippen molar-refractivity contribution in [3.63, 3.8) is 0 Å². The van der Waals surface area contributed by atoms with Gasteiger partial charge in [-0.15, -0.1) is 0 Å². The fourth-order valence-corrected chi connectivity index (χ4v) is 1.83. The number of ether oxygens (including phenoxy) is 1. The summed E-state index contributed by atoms with van der Waals surface area (Å²) in [5, 5.41) is 11.2. The third-order valence-corrected chi connectivity index (χ3v) is 2.84. The molecule has 0 fully saturated rings. The molecule has 0 spiro atoms. The van der Waals surface area contributed by atoms with E-state index in [1.165, 1.54) is 0 Å². The van der Waals surface area contributed by atoms with E-state index in [0.29, 0.717) is 0 Å². The van der Waals surface area contributed by atoms with Gasteiger partial charge in [-0.05, 0) is 43.5 Å². The molecule has 0 radical (unpaired) electrons. The maximum absolute atomic E-state index is 9.19. The van der Waals surface area contributed by atoms with Gasteiger partial charge in [-0.2, -0.15) is 5.26 Å². The van der Waals surface area contributed by atoms with Crippen LogP contribution in [0.15, 0.2) is 30.5 Å². The van der Waals surface area contributed by atoms with Gasteiger partial charge in [-0.1, -0.05) is 0 Å². The minimum Gasteiger partial charge on any atom is -0.497 e. The van der Waals surface area contributed by atoms with Gasteiger partial charge in [0.15, 0.2) is 0 Å². The Morgan fingerprint density at radius 3 is 2.71 bits per heavy atom. The Bertz CT molecular complexity index is 597. The Balaban J connectivity index is 2.72. The number of benzene rings is 1. The van der Waals surface area contributed by atoms with E-state index in [4.69, 9.17) is 4.74 Å². The number of pyridine rings is 1. The molecule has 0 unspecified atom stereocenters. The second-order valence-corrected chi connectivity index (χ2v) is 4.48. The van der Waals surface area contributed by atoms with E-state index >= 15 is 0 Å². The van der Waals surface area contributed by atoms with Crippen LogP contribution in [0.3, 0.4) is 0 Å². The fraction of sp³-hybridized carbons (Fsp3) is 0.286. The molecule has 0 bridgehead atoms. The van der Waals surface area contributed by atoms with Gasteiger partial charge in [0.25, 0.3) is 0 Å². The third kappa shape index (κ3) is 1.94. The fourth-order valence-electron chi connectivity index (χ4n) is 1.83. The Kier molecular flexibility index (Phi) is 2.72. The number of hydrogen-bond acceptors (Lipinski definition) is 3. The van der Waals surface area contributed by atoms with Gasteiger partial charge in [0.2, 0.25) is 0 Å². The normalized spacial score (nSPS) is 11.2. The molecule has 0 N–H and O–H groups in total. The van der Waals surface area contributed by atoms with E-state index in [-0.39, 0.29) is 0 Å². The van der Waals surface area contributed by atoms with E-state index in [1.807, 2.05) is 38.1 Å². The lowest BCUT2D eigenvalue weighted by molar-refractivity contribution is 0.415. The maximum atomic E-state index is 9.19. The molecule has 0 aliphatic rings. The molecule has 0 atom stereocenters. The van der Waals surface area contributed by atoms with Crippen molar-refractivity contribution in [3.8, 4) is 11.8 Å². The van der Waals surface area contributed by atoms with Crippen LogP contribution in [0.5, 0.6) is 5.75 Å². The summed E-state index contributed by atoms with van der Waals surface area (Å²) in [5.74, 6) is 0.810. The molecular formula is C14H14N2O. The summed E-state index contributed by atoms with van der Waals surface area (Å²) >= 11 is 0. The summed E-state index contributed by atoms with van der Waals surface area (Å²) in [6, 6.07) is 10.0. The topological polar surface area (TPSA) is 45.9 Å². The number of rotatable bonds is 2. The summed E-state index contributed by atoms with van der Waals surface area (Å²) < 4.78 is 5.19. The van der Waals surface area contributed by atoms with Crippen LogP contribution >= 0.6 is 0 Å². The van der Waals surface area contributed by atoms with Crippen LogP contribution in [0.1, 0.15) is 19.5 Å². The zero-order valence-electron chi connectivity index (χ0n) is 10.2. The molecule has 1 aromatic carbocycles. The predicted octanol–water partition coefficient (Wildman–Crippen LogP) is 3.04. The van der Waals surface area contributed by atoms with Gasteiger partial charge in [0, 0.05) is 11.6 Å². The van der Waals surface area contributed by atoms with Gasteiger partial charge >= 0.3 is 0 Å². The molecule has 3 nitrogen and oxygen atoms in total. The number of nitrogens with zero attached hydrogens (tertiary/aromatic N) is 2. The minimum absolute atomic E-state index is 0.589. The van der Waals surface area contributed by atoms with Gasteiger partial charge in [-0.25, -0.2) is 0 Å². The molecule has 3 heteroatoms. The molecule has 2 rings (SSSR count). The molecular weight excluding hydrogens is 212 g/mol. The number of fused-ring (bicyclic) bond motifs is 1. The van der Waals surface area contributed by atoms with E-state index in [9.17, 15) is 5.26 Å². The van der Waals surface area contributed by atoms with E-state index in [2.05, 4.69) is 11.1 Å². The second-order valence-electron chi connectivity index (χ2n) is 4.48. The Morgan fingerprint density at radius 2 is 2.06 bits per heavy atom.